The summed E-state index contributed by atoms with van der Waals surface area (Å²) in [6.45, 7) is 6.10. The van der Waals surface area contributed by atoms with E-state index in [1.165, 1.54) is 4.80 Å². The van der Waals surface area contributed by atoms with E-state index in [9.17, 15) is 9.59 Å². The number of nitrogens with zero attached hydrogens (tertiary/aromatic N) is 4. The van der Waals surface area contributed by atoms with E-state index >= 15 is 0 Å². The van der Waals surface area contributed by atoms with Gasteiger partial charge in [-0.15, -0.1) is 10.2 Å². The van der Waals surface area contributed by atoms with Crippen LogP contribution in [0.1, 0.15) is 40.0 Å². The van der Waals surface area contributed by atoms with E-state index in [1.54, 1.807) is 6.92 Å². The molecule has 2 N–H and O–H groups in total. The number of aryl methyl sites for hydroxylation is 1. The third-order valence-corrected chi connectivity index (χ3v) is 4.02. The first kappa shape index (κ1) is 19.6. The minimum absolute atomic E-state index is 0.0963. The molecule has 2 unspecified atom stereocenters. The zero-order chi connectivity index (χ0) is 18.9. The van der Waals surface area contributed by atoms with E-state index in [0.717, 1.165) is 12.0 Å². The van der Waals surface area contributed by atoms with E-state index in [1.807, 2.05) is 44.2 Å². The molecule has 0 saturated heterocycles. The quantitative estimate of drug-likeness (QED) is 0.708. The molecule has 2 amide bonds. The standard InChI is InChI=1S/C18H26N6O2/c1-4-13(2)19-18(26)14(3)20-16(25)11-8-12-24-22-17(21-23-24)15-9-6-5-7-10-15/h5-7,9-10,13-14H,4,8,11-12H2,1-3H3,(H,19,26)(H,20,25). The Morgan fingerprint density at radius 1 is 1.15 bits per heavy atom. The summed E-state index contributed by atoms with van der Waals surface area (Å²) in [6, 6.07) is 9.14. The van der Waals surface area contributed by atoms with Gasteiger partial charge in [0, 0.05) is 18.0 Å². The number of hydrogen-bond acceptors (Lipinski definition) is 5. The fourth-order valence-electron chi connectivity index (χ4n) is 2.27. The molecule has 1 aromatic heterocycles. The summed E-state index contributed by atoms with van der Waals surface area (Å²) in [5, 5.41) is 17.9. The maximum Gasteiger partial charge on any atom is 0.242 e. The van der Waals surface area contributed by atoms with Gasteiger partial charge in [-0.2, -0.15) is 4.80 Å². The molecule has 2 rings (SSSR count). The van der Waals surface area contributed by atoms with Crippen LogP contribution in [0.25, 0.3) is 11.4 Å². The zero-order valence-corrected chi connectivity index (χ0v) is 15.5. The second-order valence-electron chi connectivity index (χ2n) is 6.29. The maximum atomic E-state index is 12.0. The molecule has 0 radical (unpaired) electrons. The van der Waals surface area contributed by atoms with E-state index in [0.29, 0.717) is 25.2 Å². The summed E-state index contributed by atoms with van der Waals surface area (Å²) >= 11 is 0. The van der Waals surface area contributed by atoms with Crippen molar-refractivity contribution in [3.05, 3.63) is 30.3 Å². The topological polar surface area (TPSA) is 102 Å². The van der Waals surface area contributed by atoms with Crippen molar-refractivity contribution in [3.8, 4) is 11.4 Å². The second kappa shape index (κ2) is 9.65. The average Bonchev–Trinajstić information content (AvgIpc) is 3.11. The molecule has 0 fully saturated rings. The predicted molar refractivity (Wildman–Crippen MR) is 98.0 cm³/mol. The van der Waals surface area contributed by atoms with Crippen LogP contribution in [-0.4, -0.2) is 44.1 Å². The molecular weight excluding hydrogens is 332 g/mol. The zero-order valence-electron chi connectivity index (χ0n) is 15.5. The van der Waals surface area contributed by atoms with Crippen molar-refractivity contribution in [2.75, 3.05) is 0 Å². The van der Waals surface area contributed by atoms with Crippen LogP contribution in [0.3, 0.4) is 0 Å². The predicted octanol–water partition coefficient (Wildman–Crippen LogP) is 1.54. The molecule has 2 aromatic rings. The Kier molecular flexibility index (Phi) is 7.25. The molecule has 0 bridgehead atoms. The van der Waals surface area contributed by atoms with Crippen LogP contribution >= 0.6 is 0 Å². The number of carbonyl (C=O) groups excluding carboxylic acids is 2. The van der Waals surface area contributed by atoms with Crippen LogP contribution in [0.2, 0.25) is 0 Å². The van der Waals surface area contributed by atoms with Crippen LogP contribution in [0.4, 0.5) is 0 Å². The molecule has 0 aliphatic carbocycles. The van der Waals surface area contributed by atoms with Gasteiger partial charge in [0.15, 0.2) is 0 Å². The fraction of sp³-hybridized carbons (Fsp3) is 0.500. The Bertz CT molecular complexity index is 715. The number of hydrogen-bond donors (Lipinski definition) is 2. The highest BCUT2D eigenvalue weighted by atomic mass is 16.2. The molecule has 2 atom stereocenters. The van der Waals surface area contributed by atoms with Crippen molar-refractivity contribution in [3.63, 3.8) is 0 Å². The highest BCUT2D eigenvalue weighted by Crippen LogP contribution is 2.11. The van der Waals surface area contributed by atoms with Crippen LogP contribution in [0.5, 0.6) is 0 Å². The van der Waals surface area contributed by atoms with Crippen LogP contribution in [0.15, 0.2) is 30.3 Å². The Morgan fingerprint density at radius 3 is 2.58 bits per heavy atom. The minimum atomic E-state index is -0.550. The van der Waals surface area contributed by atoms with Gasteiger partial charge in [0.2, 0.25) is 17.6 Å². The Labute approximate surface area is 153 Å². The van der Waals surface area contributed by atoms with Crippen LogP contribution < -0.4 is 10.6 Å². The molecule has 8 nitrogen and oxygen atoms in total. The molecule has 1 heterocycles. The van der Waals surface area contributed by atoms with Crippen molar-refractivity contribution in [1.82, 2.24) is 30.8 Å². The third-order valence-electron chi connectivity index (χ3n) is 4.02. The highest BCUT2D eigenvalue weighted by molar-refractivity contribution is 5.87. The first-order valence-electron chi connectivity index (χ1n) is 8.92. The molecular formula is C18H26N6O2. The van der Waals surface area contributed by atoms with Gasteiger partial charge in [0.25, 0.3) is 0 Å². The summed E-state index contributed by atoms with van der Waals surface area (Å²) in [6.07, 6.45) is 1.71. The summed E-state index contributed by atoms with van der Waals surface area (Å²) < 4.78 is 0. The van der Waals surface area contributed by atoms with Crippen molar-refractivity contribution >= 4 is 11.8 Å². The Morgan fingerprint density at radius 2 is 1.88 bits per heavy atom. The van der Waals surface area contributed by atoms with Gasteiger partial charge >= 0.3 is 0 Å². The molecule has 140 valence electrons. The number of nitrogens with one attached hydrogen (secondary N) is 2. The van der Waals surface area contributed by atoms with Gasteiger partial charge in [-0.3, -0.25) is 9.59 Å². The SMILES string of the molecule is CCC(C)NC(=O)C(C)NC(=O)CCCn1nnc(-c2ccccc2)n1. The normalized spacial score (nSPS) is 13.0. The maximum absolute atomic E-state index is 12.0. The second-order valence-corrected chi connectivity index (χ2v) is 6.29. The molecule has 8 heteroatoms. The number of rotatable bonds is 9. The number of benzene rings is 1. The van der Waals surface area contributed by atoms with Crippen molar-refractivity contribution in [2.45, 2.75) is 58.7 Å². The Hall–Kier alpha value is -2.77. The van der Waals surface area contributed by atoms with Crippen LogP contribution in [0, 0.1) is 0 Å². The molecule has 0 saturated carbocycles. The average molecular weight is 358 g/mol. The number of amides is 2. The molecule has 0 aliphatic rings. The summed E-state index contributed by atoms with van der Waals surface area (Å²) in [5.74, 6) is 0.226. The number of carbonyl (C=O) groups is 2. The van der Waals surface area contributed by atoms with Gasteiger partial charge in [-0.05, 0) is 31.9 Å². The lowest BCUT2D eigenvalue weighted by Crippen LogP contribution is -2.47. The number of tetrazole rings is 1. The van der Waals surface area contributed by atoms with Crippen molar-refractivity contribution in [2.24, 2.45) is 0 Å². The van der Waals surface area contributed by atoms with Gasteiger partial charge in [0.1, 0.15) is 6.04 Å². The smallest absolute Gasteiger partial charge is 0.242 e. The fourth-order valence-corrected chi connectivity index (χ4v) is 2.27. The lowest BCUT2D eigenvalue weighted by molar-refractivity contribution is -0.129. The summed E-state index contributed by atoms with van der Waals surface area (Å²) in [7, 11) is 0. The van der Waals surface area contributed by atoms with Gasteiger partial charge < -0.3 is 10.6 Å². The van der Waals surface area contributed by atoms with Crippen LogP contribution in [-0.2, 0) is 16.1 Å². The monoisotopic (exact) mass is 358 g/mol. The van der Waals surface area contributed by atoms with Crippen molar-refractivity contribution < 1.29 is 9.59 Å². The lowest BCUT2D eigenvalue weighted by atomic mass is 10.2. The third kappa shape index (κ3) is 5.94. The van der Waals surface area contributed by atoms with Crippen molar-refractivity contribution in [1.29, 1.82) is 0 Å². The number of aromatic nitrogens is 4. The van der Waals surface area contributed by atoms with Gasteiger partial charge in [-0.25, -0.2) is 0 Å². The van der Waals surface area contributed by atoms with Gasteiger partial charge in [0.05, 0.1) is 6.54 Å². The van der Waals surface area contributed by atoms with E-state index < -0.39 is 6.04 Å². The summed E-state index contributed by atoms with van der Waals surface area (Å²) in [5.41, 5.74) is 0.901. The van der Waals surface area contributed by atoms with E-state index in [-0.39, 0.29) is 17.9 Å². The molecule has 26 heavy (non-hydrogen) atoms. The lowest BCUT2D eigenvalue weighted by Gasteiger charge is -2.17. The first-order chi connectivity index (χ1) is 12.5. The van der Waals surface area contributed by atoms with Gasteiger partial charge in [-0.1, -0.05) is 37.3 Å². The molecule has 0 aliphatic heterocycles. The largest absolute Gasteiger partial charge is 0.352 e. The minimum Gasteiger partial charge on any atom is -0.352 e. The Balaban J connectivity index is 1.73. The van der Waals surface area contributed by atoms with E-state index in [4.69, 9.17) is 0 Å². The molecule has 1 aromatic carbocycles. The van der Waals surface area contributed by atoms with E-state index in [2.05, 4.69) is 26.0 Å². The first-order valence-corrected chi connectivity index (χ1v) is 8.92. The summed E-state index contributed by atoms with van der Waals surface area (Å²) in [4.78, 5) is 25.4. The molecule has 0 spiro atoms. The highest BCUT2D eigenvalue weighted by Gasteiger charge is 2.16.